The van der Waals surface area contributed by atoms with Crippen LogP contribution in [0.4, 0.5) is 0 Å². The lowest BCUT2D eigenvalue weighted by Crippen LogP contribution is -2.49. The molecule has 156 valence electrons. The summed E-state index contributed by atoms with van der Waals surface area (Å²) in [7, 11) is 0. The third kappa shape index (κ3) is 3.14. The van der Waals surface area contributed by atoms with Gasteiger partial charge in [-0.15, -0.1) is 0 Å². The van der Waals surface area contributed by atoms with Crippen LogP contribution in [0.3, 0.4) is 0 Å². The monoisotopic (exact) mass is 409 g/mol. The molecule has 0 radical (unpaired) electrons. The summed E-state index contributed by atoms with van der Waals surface area (Å²) in [5.41, 5.74) is 8.02. The third-order valence-electron chi connectivity index (χ3n) is 7.07. The maximum absolute atomic E-state index is 13.5. The standard InChI is InChI=1S/C27H25N3O.H2/c31-27(21-9-12-24-25(16-21)29-17-28-24)30-14-4-7-23-22-11-8-19(18-5-2-1-3-6-18)15-20(22)10-13-26(23)30;/h1-3,5-6,8-9,11-12,15-17,23,26H,4,7,10,13-14H2,(H,28,29);1H. The molecule has 0 spiro atoms. The predicted molar refractivity (Wildman–Crippen MR) is 125 cm³/mol. The number of likely N-dealkylation sites (tertiary alicyclic amines) is 1. The molecule has 3 aromatic carbocycles. The zero-order valence-corrected chi connectivity index (χ0v) is 17.4. The fourth-order valence-corrected chi connectivity index (χ4v) is 5.56. The normalized spacial score (nSPS) is 20.3. The molecule has 2 atom stereocenters. The van der Waals surface area contributed by atoms with Crippen molar-refractivity contribution in [1.29, 1.82) is 0 Å². The van der Waals surface area contributed by atoms with Crippen LogP contribution >= 0.6 is 0 Å². The Morgan fingerprint density at radius 3 is 2.81 bits per heavy atom. The summed E-state index contributed by atoms with van der Waals surface area (Å²) in [5, 5.41) is 0. The summed E-state index contributed by atoms with van der Waals surface area (Å²) in [6.45, 7) is 0.846. The van der Waals surface area contributed by atoms with Gasteiger partial charge < -0.3 is 9.88 Å². The second-order valence-corrected chi connectivity index (χ2v) is 8.77. The number of aromatic amines is 1. The van der Waals surface area contributed by atoms with Crippen molar-refractivity contribution in [1.82, 2.24) is 14.9 Å². The number of rotatable bonds is 2. The van der Waals surface area contributed by atoms with Crippen molar-refractivity contribution in [3.63, 3.8) is 0 Å². The molecule has 1 saturated heterocycles. The highest BCUT2D eigenvalue weighted by atomic mass is 16.2. The first-order chi connectivity index (χ1) is 15.3. The minimum absolute atomic E-state index is 0. The van der Waals surface area contributed by atoms with Crippen LogP contribution in [0.2, 0.25) is 0 Å². The summed E-state index contributed by atoms with van der Waals surface area (Å²) >= 11 is 0. The molecule has 1 N–H and O–H groups in total. The smallest absolute Gasteiger partial charge is 0.254 e. The lowest BCUT2D eigenvalue weighted by atomic mass is 9.73. The van der Waals surface area contributed by atoms with Crippen molar-refractivity contribution >= 4 is 16.9 Å². The lowest BCUT2D eigenvalue weighted by molar-refractivity contribution is 0.0547. The fourth-order valence-electron chi connectivity index (χ4n) is 5.56. The molecule has 4 nitrogen and oxygen atoms in total. The second-order valence-electron chi connectivity index (χ2n) is 8.77. The predicted octanol–water partition coefficient (Wildman–Crippen LogP) is 5.81. The Bertz CT molecular complexity index is 1270. The number of carbonyl (C=O) groups excluding carboxylic acids is 1. The van der Waals surface area contributed by atoms with Gasteiger partial charge in [-0.25, -0.2) is 4.98 Å². The zero-order chi connectivity index (χ0) is 20.8. The Hall–Kier alpha value is -3.40. The summed E-state index contributed by atoms with van der Waals surface area (Å²) < 4.78 is 0. The van der Waals surface area contributed by atoms with E-state index in [1.807, 2.05) is 18.2 Å². The van der Waals surface area contributed by atoms with Gasteiger partial charge in [0.05, 0.1) is 17.4 Å². The first-order valence-corrected chi connectivity index (χ1v) is 11.2. The zero-order valence-electron chi connectivity index (χ0n) is 17.4. The van der Waals surface area contributed by atoms with Gasteiger partial charge in [0, 0.05) is 25.5 Å². The maximum Gasteiger partial charge on any atom is 0.254 e. The molecule has 4 aromatic rings. The number of aryl methyl sites for hydroxylation is 1. The number of piperidine rings is 1. The molecule has 1 fully saturated rings. The van der Waals surface area contributed by atoms with Gasteiger partial charge in [0.25, 0.3) is 5.91 Å². The molecular formula is C27H27N3O. The maximum atomic E-state index is 13.5. The summed E-state index contributed by atoms with van der Waals surface area (Å²) in [6, 6.07) is 23.6. The largest absolute Gasteiger partial charge is 0.345 e. The molecular weight excluding hydrogens is 382 g/mol. The van der Waals surface area contributed by atoms with Gasteiger partial charge in [0.15, 0.2) is 0 Å². The highest BCUT2D eigenvalue weighted by Gasteiger charge is 2.38. The number of amides is 1. The van der Waals surface area contributed by atoms with E-state index < -0.39 is 0 Å². The van der Waals surface area contributed by atoms with E-state index in [0.717, 1.165) is 48.8 Å². The Labute approximate surface area is 183 Å². The molecule has 1 aliphatic heterocycles. The van der Waals surface area contributed by atoms with E-state index in [9.17, 15) is 4.79 Å². The highest BCUT2D eigenvalue weighted by molar-refractivity contribution is 5.97. The summed E-state index contributed by atoms with van der Waals surface area (Å²) in [5.74, 6) is 0.581. The topological polar surface area (TPSA) is 49.0 Å². The van der Waals surface area contributed by atoms with E-state index in [1.54, 1.807) is 6.33 Å². The molecule has 1 aromatic heterocycles. The first kappa shape index (κ1) is 18.4. The number of aromatic nitrogens is 2. The van der Waals surface area contributed by atoms with Gasteiger partial charge in [-0.3, -0.25) is 4.79 Å². The Morgan fingerprint density at radius 2 is 1.90 bits per heavy atom. The van der Waals surface area contributed by atoms with Crippen molar-refractivity contribution in [2.24, 2.45) is 0 Å². The van der Waals surface area contributed by atoms with E-state index in [0.29, 0.717) is 5.92 Å². The van der Waals surface area contributed by atoms with Gasteiger partial charge in [0.1, 0.15) is 0 Å². The molecule has 0 bridgehead atoms. The molecule has 2 heterocycles. The first-order valence-electron chi connectivity index (χ1n) is 11.2. The van der Waals surface area contributed by atoms with E-state index in [-0.39, 0.29) is 13.4 Å². The van der Waals surface area contributed by atoms with Crippen LogP contribution in [0.15, 0.2) is 73.1 Å². The van der Waals surface area contributed by atoms with Gasteiger partial charge in [-0.05, 0) is 66.1 Å². The van der Waals surface area contributed by atoms with Gasteiger partial charge in [0.2, 0.25) is 0 Å². The van der Waals surface area contributed by atoms with E-state index >= 15 is 0 Å². The summed E-state index contributed by atoms with van der Waals surface area (Å²) in [6.07, 6.45) is 5.96. The second kappa shape index (κ2) is 7.38. The number of fused-ring (bicyclic) bond motifs is 4. The summed E-state index contributed by atoms with van der Waals surface area (Å²) in [4.78, 5) is 23.0. The molecule has 4 heteroatoms. The fraction of sp³-hybridized carbons (Fsp3) is 0.259. The highest BCUT2D eigenvalue weighted by Crippen LogP contribution is 2.42. The van der Waals surface area contributed by atoms with Crippen LogP contribution in [0.25, 0.3) is 22.2 Å². The van der Waals surface area contributed by atoms with E-state index in [4.69, 9.17) is 0 Å². The third-order valence-corrected chi connectivity index (χ3v) is 7.07. The number of hydrogen-bond acceptors (Lipinski definition) is 2. The number of nitrogens with zero attached hydrogens (tertiary/aromatic N) is 2. The SMILES string of the molecule is O=C(c1ccc2nc[nH]c2c1)N1CCCC2c3ccc(-c4ccccc4)cc3CCC21.[HH]. The molecule has 2 unspecified atom stereocenters. The van der Waals surface area contributed by atoms with Crippen molar-refractivity contribution in [2.45, 2.75) is 37.6 Å². The number of imidazole rings is 1. The van der Waals surface area contributed by atoms with E-state index in [1.165, 1.54) is 22.3 Å². The Balaban J connectivity index is 0.00000216. The van der Waals surface area contributed by atoms with Crippen molar-refractivity contribution < 1.29 is 6.22 Å². The number of benzene rings is 3. The average Bonchev–Trinajstić information content (AvgIpc) is 3.31. The van der Waals surface area contributed by atoms with Crippen LogP contribution in [-0.4, -0.2) is 33.4 Å². The molecule has 2 aliphatic rings. The molecule has 1 aliphatic carbocycles. The minimum atomic E-state index is 0. The molecule has 0 saturated carbocycles. The molecule has 6 rings (SSSR count). The van der Waals surface area contributed by atoms with Crippen LogP contribution in [0, 0.1) is 0 Å². The number of hydrogen-bond donors (Lipinski definition) is 1. The van der Waals surface area contributed by atoms with Crippen molar-refractivity contribution in [3.8, 4) is 11.1 Å². The van der Waals surface area contributed by atoms with Crippen molar-refractivity contribution in [2.75, 3.05) is 6.54 Å². The van der Waals surface area contributed by atoms with Crippen LogP contribution in [-0.2, 0) is 6.42 Å². The van der Waals surface area contributed by atoms with E-state index in [2.05, 4.69) is 63.4 Å². The Morgan fingerprint density at radius 1 is 1.00 bits per heavy atom. The number of nitrogens with one attached hydrogen (secondary N) is 1. The Kier molecular flexibility index (Phi) is 4.37. The lowest BCUT2D eigenvalue weighted by Gasteiger charge is -2.45. The van der Waals surface area contributed by atoms with Crippen LogP contribution in [0.5, 0.6) is 0 Å². The van der Waals surface area contributed by atoms with Crippen LogP contribution in [0.1, 0.15) is 48.1 Å². The van der Waals surface area contributed by atoms with Crippen LogP contribution < -0.4 is 0 Å². The van der Waals surface area contributed by atoms with Gasteiger partial charge >= 0.3 is 0 Å². The van der Waals surface area contributed by atoms with Gasteiger partial charge in [-0.1, -0.05) is 48.5 Å². The number of H-pyrrole nitrogens is 1. The average molecular weight is 410 g/mol. The van der Waals surface area contributed by atoms with Gasteiger partial charge in [-0.2, -0.15) is 0 Å². The minimum Gasteiger partial charge on any atom is -0.345 e. The quantitative estimate of drug-likeness (QED) is 0.454. The molecule has 31 heavy (non-hydrogen) atoms. The molecule has 1 amide bonds. The van der Waals surface area contributed by atoms with Crippen molar-refractivity contribution in [3.05, 3.63) is 89.7 Å². The number of carbonyl (C=O) groups is 1.